The summed E-state index contributed by atoms with van der Waals surface area (Å²) < 4.78 is 0. The highest BCUT2D eigenvalue weighted by molar-refractivity contribution is 6.30. The van der Waals surface area contributed by atoms with E-state index in [1.165, 1.54) is 6.08 Å². The second-order valence-corrected chi connectivity index (χ2v) is 6.09. The van der Waals surface area contributed by atoms with Gasteiger partial charge in [-0.2, -0.15) is 0 Å². The highest BCUT2D eigenvalue weighted by Gasteiger charge is 2.03. The lowest BCUT2D eigenvalue weighted by Gasteiger charge is -2.14. The Hall–Kier alpha value is -2.60. The van der Waals surface area contributed by atoms with Crippen molar-refractivity contribution in [1.82, 2.24) is 15.3 Å². The molecule has 6 nitrogen and oxygen atoms in total. The molecule has 1 heterocycles. The Balaban J connectivity index is 1.77. The van der Waals surface area contributed by atoms with Gasteiger partial charge >= 0.3 is 0 Å². The maximum Gasteiger partial charge on any atom is 0.244 e. The molecule has 7 heteroatoms. The van der Waals surface area contributed by atoms with Crippen LogP contribution in [-0.2, 0) is 4.79 Å². The van der Waals surface area contributed by atoms with Gasteiger partial charge in [-0.1, -0.05) is 23.7 Å². The molecule has 2 aromatic rings. The number of anilines is 2. The third-order valence-corrected chi connectivity index (χ3v) is 3.56. The number of benzene rings is 1. The minimum Gasteiger partial charge on any atom is -0.368 e. The van der Waals surface area contributed by atoms with Crippen LogP contribution < -0.4 is 15.5 Å². The van der Waals surface area contributed by atoms with E-state index in [9.17, 15) is 4.79 Å². The summed E-state index contributed by atoms with van der Waals surface area (Å²) in [6.07, 6.45) is 3.25. The van der Waals surface area contributed by atoms with Gasteiger partial charge in [0.25, 0.3) is 0 Å². The molecule has 0 saturated heterocycles. The summed E-state index contributed by atoms with van der Waals surface area (Å²) in [7, 11) is 3.86. The summed E-state index contributed by atoms with van der Waals surface area (Å²) in [5, 5.41) is 6.67. The van der Waals surface area contributed by atoms with E-state index >= 15 is 0 Å². The first-order chi connectivity index (χ1) is 11.9. The van der Waals surface area contributed by atoms with Crippen molar-refractivity contribution in [3.05, 3.63) is 52.8 Å². The number of aryl methyl sites for hydroxylation is 1. The van der Waals surface area contributed by atoms with Crippen LogP contribution in [-0.4, -0.2) is 43.1 Å². The van der Waals surface area contributed by atoms with Crippen molar-refractivity contribution in [2.75, 3.05) is 37.4 Å². The van der Waals surface area contributed by atoms with Crippen molar-refractivity contribution < 1.29 is 4.79 Å². The third-order valence-electron chi connectivity index (χ3n) is 3.31. The molecule has 0 aliphatic rings. The molecular formula is C18H22ClN5O. The van der Waals surface area contributed by atoms with Crippen LogP contribution in [0.2, 0.25) is 5.02 Å². The standard InChI is InChI=1S/C18H22ClN5O/c1-13-22-16(12-17(23-13)24(2)3)20-10-11-21-18(25)9-6-14-4-7-15(19)8-5-14/h4-9,12H,10-11H2,1-3H3,(H,21,25)(H,20,22,23)/b9-6+. The minimum absolute atomic E-state index is 0.149. The summed E-state index contributed by atoms with van der Waals surface area (Å²) in [6.45, 7) is 2.91. The van der Waals surface area contributed by atoms with Gasteiger partial charge in [0.05, 0.1) is 0 Å². The van der Waals surface area contributed by atoms with Crippen LogP contribution in [0.5, 0.6) is 0 Å². The monoisotopic (exact) mass is 359 g/mol. The predicted octanol–water partition coefficient (Wildman–Crippen LogP) is 2.75. The molecule has 0 spiro atoms. The SMILES string of the molecule is Cc1nc(NCCNC(=O)/C=C/c2ccc(Cl)cc2)cc(N(C)C)n1. The van der Waals surface area contributed by atoms with Gasteiger partial charge in [0.2, 0.25) is 5.91 Å². The quantitative estimate of drug-likeness (QED) is 0.587. The van der Waals surface area contributed by atoms with Gasteiger partial charge < -0.3 is 15.5 Å². The topological polar surface area (TPSA) is 70.2 Å². The minimum atomic E-state index is -0.149. The fourth-order valence-electron chi connectivity index (χ4n) is 2.05. The Morgan fingerprint density at radius 3 is 2.60 bits per heavy atom. The largest absolute Gasteiger partial charge is 0.368 e. The summed E-state index contributed by atoms with van der Waals surface area (Å²) in [6, 6.07) is 9.15. The number of hydrogen-bond donors (Lipinski definition) is 2. The van der Waals surface area contributed by atoms with E-state index in [0.717, 1.165) is 17.2 Å². The Bertz CT molecular complexity index is 744. The highest BCUT2D eigenvalue weighted by atomic mass is 35.5. The first-order valence-corrected chi connectivity index (χ1v) is 8.30. The molecular weight excluding hydrogens is 338 g/mol. The molecule has 2 rings (SSSR count). The van der Waals surface area contributed by atoms with Gasteiger partial charge in [-0.05, 0) is 30.7 Å². The Morgan fingerprint density at radius 2 is 1.92 bits per heavy atom. The van der Waals surface area contributed by atoms with E-state index < -0.39 is 0 Å². The van der Waals surface area contributed by atoms with Crippen LogP contribution in [0.25, 0.3) is 6.08 Å². The number of halogens is 1. The molecule has 0 aliphatic carbocycles. The molecule has 1 amide bonds. The number of nitrogens with one attached hydrogen (secondary N) is 2. The molecule has 0 aliphatic heterocycles. The van der Waals surface area contributed by atoms with Gasteiger partial charge in [0, 0.05) is 44.3 Å². The average Bonchev–Trinajstić information content (AvgIpc) is 2.57. The Kier molecular flexibility index (Phi) is 6.77. The van der Waals surface area contributed by atoms with E-state index in [2.05, 4.69) is 20.6 Å². The van der Waals surface area contributed by atoms with Gasteiger partial charge in [0.15, 0.2) is 0 Å². The Morgan fingerprint density at radius 1 is 1.20 bits per heavy atom. The normalized spacial score (nSPS) is 10.7. The van der Waals surface area contributed by atoms with Crippen LogP contribution >= 0.6 is 11.6 Å². The number of hydrogen-bond acceptors (Lipinski definition) is 5. The second-order valence-electron chi connectivity index (χ2n) is 5.66. The summed E-state index contributed by atoms with van der Waals surface area (Å²) in [5.41, 5.74) is 0.922. The predicted molar refractivity (Wildman–Crippen MR) is 103 cm³/mol. The van der Waals surface area contributed by atoms with Crippen LogP contribution in [0, 0.1) is 6.92 Å². The smallest absolute Gasteiger partial charge is 0.244 e. The second kappa shape index (κ2) is 9.03. The zero-order valence-electron chi connectivity index (χ0n) is 14.6. The molecule has 0 saturated carbocycles. The third kappa shape index (κ3) is 6.43. The van der Waals surface area contributed by atoms with Gasteiger partial charge in [0.1, 0.15) is 17.5 Å². The molecule has 0 radical (unpaired) electrons. The van der Waals surface area contributed by atoms with Crippen molar-refractivity contribution >= 4 is 35.2 Å². The van der Waals surface area contributed by atoms with Crippen molar-refractivity contribution in [3.8, 4) is 0 Å². The summed E-state index contributed by atoms with van der Waals surface area (Å²) in [4.78, 5) is 22.4. The summed E-state index contributed by atoms with van der Waals surface area (Å²) in [5.74, 6) is 2.13. The molecule has 25 heavy (non-hydrogen) atoms. The van der Waals surface area contributed by atoms with Crippen molar-refractivity contribution in [2.45, 2.75) is 6.92 Å². The maximum atomic E-state index is 11.8. The fourth-order valence-corrected chi connectivity index (χ4v) is 2.18. The Labute approximate surface area is 152 Å². The van der Waals surface area contributed by atoms with E-state index in [1.807, 2.05) is 44.1 Å². The van der Waals surface area contributed by atoms with E-state index in [-0.39, 0.29) is 5.91 Å². The first kappa shape index (κ1) is 18.7. The van der Waals surface area contributed by atoms with Crippen LogP contribution in [0.15, 0.2) is 36.4 Å². The van der Waals surface area contributed by atoms with Crippen molar-refractivity contribution in [2.24, 2.45) is 0 Å². The molecule has 0 unspecified atom stereocenters. The van der Waals surface area contributed by atoms with E-state index in [0.29, 0.717) is 23.9 Å². The molecule has 0 bridgehead atoms. The fraction of sp³-hybridized carbons (Fsp3) is 0.278. The summed E-state index contributed by atoms with van der Waals surface area (Å²) >= 11 is 5.82. The molecule has 1 aromatic carbocycles. The lowest BCUT2D eigenvalue weighted by atomic mass is 10.2. The molecule has 132 valence electrons. The number of carbonyl (C=O) groups excluding carboxylic acids is 1. The van der Waals surface area contributed by atoms with E-state index in [4.69, 9.17) is 11.6 Å². The van der Waals surface area contributed by atoms with Crippen LogP contribution in [0.3, 0.4) is 0 Å². The van der Waals surface area contributed by atoms with Crippen LogP contribution in [0.1, 0.15) is 11.4 Å². The van der Waals surface area contributed by atoms with Crippen LogP contribution in [0.4, 0.5) is 11.6 Å². The van der Waals surface area contributed by atoms with E-state index in [1.54, 1.807) is 18.2 Å². The van der Waals surface area contributed by atoms with Crippen molar-refractivity contribution in [1.29, 1.82) is 0 Å². The number of carbonyl (C=O) groups is 1. The number of rotatable bonds is 7. The molecule has 1 aromatic heterocycles. The van der Waals surface area contributed by atoms with Crippen molar-refractivity contribution in [3.63, 3.8) is 0 Å². The highest BCUT2D eigenvalue weighted by Crippen LogP contribution is 2.13. The number of amides is 1. The molecule has 0 fully saturated rings. The molecule has 0 atom stereocenters. The number of aromatic nitrogens is 2. The zero-order chi connectivity index (χ0) is 18.2. The average molecular weight is 360 g/mol. The van der Waals surface area contributed by atoms with Gasteiger partial charge in [-0.25, -0.2) is 9.97 Å². The molecule has 2 N–H and O–H groups in total. The number of nitrogens with zero attached hydrogens (tertiary/aromatic N) is 3. The lowest BCUT2D eigenvalue weighted by Crippen LogP contribution is -2.27. The van der Waals surface area contributed by atoms with Gasteiger partial charge in [-0.3, -0.25) is 4.79 Å². The zero-order valence-corrected chi connectivity index (χ0v) is 15.3. The first-order valence-electron chi connectivity index (χ1n) is 7.92. The maximum absolute atomic E-state index is 11.8. The lowest BCUT2D eigenvalue weighted by molar-refractivity contribution is -0.116. The van der Waals surface area contributed by atoms with Gasteiger partial charge in [-0.15, -0.1) is 0 Å².